The Morgan fingerprint density at radius 2 is 1.90 bits per heavy atom. The number of nitrogen functional groups attached to an aromatic ring is 1. The van der Waals surface area contributed by atoms with Crippen molar-refractivity contribution >= 4 is 54.8 Å². The molecule has 2 rings (SSSR count). The summed E-state index contributed by atoms with van der Waals surface area (Å²) in [6.45, 7) is 2.47. The predicted molar refractivity (Wildman–Crippen MR) is 94.0 cm³/mol. The zero-order valence-corrected chi connectivity index (χ0v) is 14.6. The SMILES string of the molecule is CCNC(=O)c1ccc(N)c(Nc2ccc(Br)cc2Br)c1. The maximum Gasteiger partial charge on any atom is 0.251 e. The first-order valence-corrected chi connectivity index (χ1v) is 7.99. The molecule has 0 heterocycles. The first-order valence-electron chi connectivity index (χ1n) is 6.41. The summed E-state index contributed by atoms with van der Waals surface area (Å²) in [5, 5.41) is 6.00. The lowest BCUT2D eigenvalue weighted by Gasteiger charge is -2.13. The third kappa shape index (κ3) is 3.98. The van der Waals surface area contributed by atoms with Gasteiger partial charge in [0, 0.05) is 21.1 Å². The molecule has 0 radical (unpaired) electrons. The monoisotopic (exact) mass is 411 g/mol. The molecule has 0 spiro atoms. The highest BCUT2D eigenvalue weighted by molar-refractivity contribution is 9.11. The molecule has 110 valence electrons. The maximum atomic E-state index is 11.9. The number of carbonyl (C=O) groups is 1. The molecule has 0 atom stereocenters. The number of hydrogen-bond donors (Lipinski definition) is 3. The fourth-order valence-corrected chi connectivity index (χ4v) is 2.95. The Balaban J connectivity index is 2.30. The van der Waals surface area contributed by atoms with Crippen molar-refractivity contribution in [3.8, 4) is 0 Å². The van der Waals surface area contributed by atoms with Gasteiger partial charge in [0.25, 0.3) is 5.91 Å². The summed E-state index contributed by atoms with van der Waals surface area (Å²) in [6, 6.07) is 11.0. The van der Waals surface area contributed by atoms with E-state index in [1.54, 1.807) is 18.2 Å². The zero-order chi connectivity index (χ0) is 15.4. The third-order valence-electron chi connectivity index (χ3n) is 2.85. The highest BCUT2D eigenvalue weighted by Crippen LogP contribution is 2.31. The maximum absolute atomic E-state index is 11.9. The number of nitrogens with one attached hydrogen (secondary N) is 2. The molecule has 0 saturated carbocycles. The molecule has 0 saturated heterocycles. The van der Waals surface area contributed by atoms with Crippen molar-refractivity contribution in [2.45, 2.75) is 6.92 Å². The first-order chi connectivity index (χ1) is 10.0. The standard InChI is InChI=1S/C15H15Br2N3O/c1-2-19-15(21)9-3-5-12(18)14(7-9)20-13-6-4-10(16)8-11(13)17/h3-8,20H,2,18H2,1H3,(H,19,21). The van der Waals surface area contributed by atoms with Crippen molar-refractivity contribution in [2.24, 2.45) is 0 Å². The summed E-state index contributed by atoms with van der Waals surface area (Å²) in [6.07, 6.45) is 0. The molecule has 6 heteroatoms. The van der Waals surface area contributed by atoms with Crippen LogP contribution >= 0.6 is 31.9 Å². The van der Waals surface area contributed by atoms with Gasteiger partial charge in [0.15, 0.2) is 0 Å². The van der Waals surface area contributed by atoms with Crippen molar-refractivity contribution < 1.29 is 4.79 Å². The number of hydrogen-bond acceptors (Lipinski definition) is 3. The van der Waals surface area contributed by atoms with E-state index < -0.39 is 0 Å². The summed E-state index contributed by atoms with van der Waals surface area (Å²) >= 11 is 6.90. The Kier molecular flexibility index (Phi) is 5.25. The number of carbonyl (C=O) groups excluding carboxylic acids is 1. The topological polar surface area (TPSA) is 67.2 Å². The van der Waals surface area contributed by atoms with Crippen molar-refractivity contribution in [2.75, 3.05) is 17.6 Å². The van der Waals surface area contributed by atoms with Gasteiger partial charge in [-0.1, -0.05) is 15.9 Å². The molecule has 1 amide bonds. The van der Waals surface area contributed by atoms with Crippen LogP contribution in [0.4, 0.5) is 17.1 Å². The van der Waals surface area contributed by atoms with Crippen molar-refractivity contribution in [3.05, 3.63) is 50.9 Å². The van der Waals surface area contributed by atoms with E-state index in [-0.39, 0.29) is 5.91 Å². The third-order valence-corrected chi connectivity index (χ3v) is 4.00. The minimum absolute atomic E-state index is 0.115. The van der Waals surface area contributed by atoms with Crippen molar-refractivity contribution in [1.82, 2.24) is 5.32 Å². The minimum Gasteiger partial charge on any atom is -0.397 e. The van der Waals surface area contributed by atoms with E-state index in [4.69, 9.17) is 5.73 Å². The molecular formula is C15H15Br2N3O. The van der Waals surface area contributed by atoms with Gasteiger partial charge >= 0.3 is 0 Å². The highest BCUT2D eigenvalue weighted by atomic mass is 79.9. The van der Waals surface area contributed by atoms with Crippen LogP contribution in [0.5, 0.6) is 0 Å². The molecule has 0 aliphatic rings. The molecule has 0 aliphatic carbocycles. The quantitative estimate of drug-likeness (QED) is 0.656. The van der Waals surface area contributed by atoms with Gasteiger partial charge in [0.05, 0.1) is 17.1 Å². The van der Waals surface area contributed by atoms with E-state index in [1.807, 2.05) is 25.1 Å². The average Bonchev–Trinajstić information content (AvgIpc) is 2.44. The van der Waals surface area contributed by atoms with Crippen LogP contribution in [0.15, 0.2) is 45.3 Å². The van der Waals surface area contributed by atoms with Crippen LogP contribution in [-0.2, 0) is 0 Å². The molecule has 2 aromatic carbocycles. The van der Waals surface area contributed by atoms with Gasteiger partial charge in [0.1, 0.15) is 0 Å². The highest BCUT2D eigenvalue weighted by Gasteiger charge is 2.09. The van der Waals surface area contributed by atoms with Gasteiger partial charge < -0.3 is 16.4 Å². The summed E-state index contributed by atoms with van der Waals surface area (Å²) in [7, 11) is 0. The molecule has 0 unspecified atom stereocenters. The second-order valence-corrected chi connectivity index (χ2v) is 6.18. The number of halogens is 2. The second kappa shape index (κ2) is 6.95. The number of anilines is 3. The van der Waals surface area contributed by atoms with Crippen LogP contribution in [0.3, 0.4) is 0 Å². The molecule has 21 heavy (non-hydrogen) atoms. The van der Waals surface area contributed by atoms with Gasteiger partial charge in [-0.3, -0.25) is 4.79 Å². The Morgan fingerprint density at radius 1 is 1.14 bits per heavy atom. The molecule has 2 aromatic rings. The summed E-state index contributed by atoms with van der Waals surface area (Å²) < 4.78 is 1.88. The summed E-state index contributed by atoms with van der Waals surface area (Å²) in [4.78, 5) is 11.9. The van der Waals surface area contributed by atoms with Crippen LogP contribution < -0.4 is 16.4 Å². The molecule has 0 bridgehead atoms. The van der Waals surface area contributed by atoms with Crippen molar-refractivity contribution in [1.29, 1.82) is 0 Å². The van der Waals surface area contributed by atoms with E-state index in [1.165, 1.54) is 0 Å². The average molecular weight is 413 g/mol. The predicted octanol–water partition coefficient (Wildman–Crippen LogP) is 4.29. The Bertz CT molecular complexity index is 674. The number of nitrogens with two attached hydrogens (primary N) is 1. The smallest absolute Gasteiger partial charge is 0.251 e. The Morgan fingerprint density at radius 3 is 2.57 bits per heavy atom. The largest absolute Gasteiger partial charge is 0.397 e. The zero-order valence-electron chi connectivity index (χ0n) is 11.4. The molecule has 0 aliphatic heterocycles. The number of amides is 1. The van der Waals surface area contributed by atoms with E-state index in [0.29, 0.717) is 23.5 Å². The van der Waals surface area contributed by atoms with E-state index >= 15 is 0 Å². The number of rotatable bonds is 4. The van der Waals surface area contributed by atoms with E-state index in [9.17, 15) is 4.79 Å². The molecule has 4 N–H and O–H groups in total. The van der Waals surface area contributed by atoms with Crippen LogP contribution in [0.2, 0.25) is 0 Å². The molecule has 0 aromatic heterocycles. The molecule has 4 nitrogen and oxygen atoms in total. The van der Waals surface area contributed by atoms with Crippen LogP contribution in [0.25, 0.3) is 0 Å². The van der Waals surface area contributed by atoms with Crippen LogP contribution in [-0.4, -0.2) is 12.5 Å². The minimum atomic E-state index is -0.115. The van der Waals surface area contributed by atoms with Gasteiger partial charge in [-0.2, -0.15) is 0 Å². The summed E-state index contributed by atoms with van der Waals surface area (Å²) in [5.41, 5.74) is 8.69. The molecular weight excluding hydrogens is 398 g/mol. The normalized spacial score (nSPS) is 10.2. The molecule has 0 fully saturated rings. The van der Waals surface area contributed by atoms with Gasteiger partial charge in [0.2, 0.25) is 0 Å². The second-order valence-electron chi connectivity index (χ2n) is 4.41. The summed E-state index contributed by atoms with van der Waals surface area (Å²) in [5.74, 6) is -0.115. The first kappa shape index (κ1) is 15.9. The van der Waals surface area contributed by atoms with Gasteiger partial charge in [-0.25, -0.2) is 0 Å². The van der Waals surface area contributed by atoms with E-state index in [2.05, 4.69) is 42.5 Å². The van der Waals surface area contributed by atoms with E-state index in [0.717, 1.165) is 14.6 Å². The van der Waals surface area contributed by atoms with Crippen LogP contribution in [0, 0.1) is 0 Å². The van der Waals surface area contributed by atoms with Crippen molar-refractivity contribution in [3.63, 3.8) is 0 Å². The number of benzene rings is 2. The Labute approximate surface area is 140 Å². The Hall–Kier alpha value is -1.53. The lowest BCUT2D eigenvalue weighted by molar-refractivity contribution is 0.0956. The van der Waals surface area contributed by atoms with Crippen LogP contribution in [0.1, 0.15) is 17.3 Å². The van der Waals surface area contributed by atoms with Gasteiger partial charge in [-0.15, -0.1) is 0 Å². The fraction of sp³-hybridized carbons (Fsp3) is 0.133. The lowest BCUT2D eigenvalue weighted by Crippen LogP contribution is -2.22. The fourth-order valence-electron chi connectivity index (χ4n) is 1.80. The van der Waals surface area contributed by atoms with Gasteiger partial charge in [-0.05, 0) is 59.3 Å². The lowest BCUT2D eigenvalue weighted by atomic mass is 10.1.